The number of likely N-dealkylation sites (tertiary alicyclic amines) is 1. The first-order chi connectivity index (χ1) is 12.3. The highest BCUT2D eigenvalue weighted by Crippen LogP contribution is 2.29. The van der Waals surface area contributed by atoms with E-state index in [0.29, 0.717) is 12.6 Å². The van der Waals surface area contributed by atoms with Gasteiger partial charge in [-0.2, -0.15) is 18.3 Å². The maximum absolute atomic E-state index is 12.6. The second-order valence-corrected chi connectivity index (χ2v) is 7.13. The number of hydrogen-bond donors (Lipinski definition) is 1. The van der Waals surface area contributed by atoms with E-state index in [-0.39, 0.29) is 18.4 Å². The van der Waals surface area contributed by atoms with Crippen LogP contribution in [0.2, 0.25) is 0 Å². The van der Waals surface area contributed by atoms with Crippen molar-refractivity contribution in [2.75, 3.05) is 6.54 Å². The minimum absolute atomic E-state index is 0. The predicted molar refractivity (Wildman–Crippen MR) is 102 cm³/mol. The normalized spacial score (nSPS) is 19.5. The molecule has 8 heteroatoms. The van der Waals surface area contributed by atoms with E-state index in [1.54, 1.807) is 4.68 Å². The minimum Gasteiger partial charge on any atom is -0.327 e. The van der Waals surface area contributed by atoms with E-state index < -0.39 is 11.7 Å². The van der Waals surface area contributed by atoms with Gasteiger partial charge >= 0.3 is 6.18 Å². The lowest BCUT2D eigenvalue weighted by molar-refractivity contribution is -0.137. The first-order valence-corrected chi connectivity index (χ1v) is 9.00. The zero-order valence-corrected chi connectivity index (χ0v) is 16.1. The van der Waals surface area contributed by atoms with E-state index in [9.17, 15) is 13.2 Å². The molecule has 2 atom stereocenters. The molecule has 2 aromatic rings. The predicted octanol–water partition coefficient (Wildman–Crippen LogP) is 4.07. The smallest absolute Gasteiger partial charge is 0.327 e. The second kappa shape index (κ2) is 9.08. The van der Waals surface area contributed by atoms with E-state index in [1.165, 1.54) is 25.0 Å². The van der Waals surface area contributed by atoms with E-state index in [0.717, 1.165) is 42.8 Å². The second-order valence-electron chi connectivity index (χ2n) is 7.13. The number of nitrogens with zero attached hydrogens (tertiary/aromatic N) is 3. The number of aromatic nitrogens is 2. The van der Waals surface area contributed by atoms with Crippen molar-refractivity contribution < 1.29 is 13.2 Å². The molecule has 0 aliphatic carbocycles. The largest absolute Gasteiger partial charge is 0.416 e. The van der Waals surface area contributed by atoms with Crippen molar-refractivity contribution in [1.29, 1.82) is 0 Å². The molecule has 2 N–H and O–H groups in total. The fourth-order valence-electron chi connectivity index (χ4n) is 3.60. The molecule has 1 aromatic heterocycles. The lowest BCUT2D eigenvalue weighted by Crippen LogP contribution is -2.48. The van der Waals surface area contributed by atoms with Crippen LogP contribution in [0.15, 0.2) is 36.7 Å². The molecule has 1 saturated heterocycles. The Kier molecular flexibility index (Phi) is 7.31. The first kappa shape index (κ1) is 21.7. The van der Waals surface area contributed by atoms with Gasteiger partial charge in [0.2, 0.25) is 0 Å². The Hall–Kier alpha value is -1.57. The van der Waals surface area contributed by atoms with Crippen LogP contribution in [0.3, 0.4) is 0 Å². The topological polar surface area (TPSA) is 47.1 Å². The summed E-state index contributed by atoms with van der Waals surface area (Å²) in [6.45, 7) is 4.35. The average Bonchev–Trinajstić information content (AvgIpc) is 3.02. The Balaban J connectivity index is 0.00000261. The molecule has 150 valence electrons. The molecular weight excluding hydrogens is 377 g/mol. The quantitative estimate of drug-likeness (QED) is 0.819. The zero-order chi connectivity index (χ0) is 18.7. The number of benzene rings is 1. The molecule has 27 heavy (non-hydrogen) atoms. The van der Waals surface area contributed by atoms with Crippen LogP contribution in [0, 0.1) is 0 Å². The van der Waals surface area contributed by atoms with Crippen molar-refractivity contribution in [2.45, 2.75) is 57.5 Å². The van der Waals surface area contributed by atoms with Crippen molar-refractivity contribution in [3.8, 4) is 0 Å². The molecule has 2 unspecified atom stereocenters. The number of rotatable bonds is 5. The lowest BCUT2D eigenvalue weighted by Gasteiger charge is -2.37. The summed E-state index contributed by atoms with van der Waals surface area (Å²) < 4.78 is 39.7. The van der Waals surface area contributed by atoms with Crippen LogP contribution < -0.4 is 5.73 Å². The molecule has 4 nitrogen and oxygen atoms in total. The lowest BCUT2D eigenvalue weighted by atomic mass is 9.96. The number of nitrogens with two attached hydrogens (primary N) is 1. The van der Waals surface area contributed by atoms with Crippen molar-refractivity contribution in [1.82, 2.24) is 14.7 Å². The van der Waals surface area contributed by atoms with Crippen LogP contribution in [0.1, 0.15) is 42.9 Å². The monoisotopic (exact) mass is 402 g/mol. The van der Waals surface area contributed by atoms with Crippen LogP contribution in [0.25, 0.3) is 0 Å². The summed E-state index contributed by atoms with van der Waals surface area (Å²) in [5.41, 5.74) is 7.38. The Labute approximate surface area is 163 Å². The summed E-state index contributed by atoms with van der Waals surface area (Å²) >= 11 is 0. The number of alkyl halides is 3. The molecule has 0 bridgehead atoms. The van der Waals surface area contributed by atoms with Gasteiger partial charge in [-0.1, -0.05) is 18.6 Å². The van der Waals surface area contributed by atoms with Gasteiger partial charge in [0.25, 0.3) is 0 Å². The van der Waals surface area contributed by atoms with Gasteiger partial charge in [-0.25, -0.2) is 0 Å². The fraction of sp³-hybridized carbons (Fsp3) is 0.526. The maximum Gasteiger partial charge on any atom is 0.416 e. The first-order valence-electron chi connectivity index (χ1n) is 9.00. The van der Waals surface area contributed by atoms with Gasteiger partial charge in [-0.3, -0.25) is 9.58 Å². The summed E-state index contributed by atoms with van der Waals surface area (Å²) in [6.07, 6.45) is 3.01. The summed E-state index contributed by atoms with van der Waals surface area (Å²) in [6, 6.07) is 5.75. The Morgan fingerprint density at radius 3 is 2.48 bits per heavy atom. The Morgan fingerprint density at radius 1 is 1.15 bits per heavy atom. The van der Waals surface area contributed by atoms with Crippen molar-refractivity contribution in [3.63, 3.8) is 0 Å². The number of hydrogen-bond acceptors (Lipinski definition) is 3. The van der Waals surface area contributed by atoms with Crippen LogP contribution in [0.5, 0.6) is 0 Å². The zero-order valence-electron chi connectivity index (χ0n) is 15.3. The molecule has 1 aromatic carbocycles. The fourth-order valence-corrected chi connectivity index (χ4v) is 3.60. The summed E-state index contributed by atoms with van der Waals surface area (Å²) in [5, 5.41) is 4.35. The van der Waals surface area contributed by atoms with E-state index in [4.69, 9.17) is 5.73 Å². The van der Waals surface area contributed by atoms with Gasteiger partial charge in [0, 0.05) is 30.4 Å². The summed E-state index contributed by atoms with van der Waals surface area (Å²) in [7, 11) is 0. The highest BCUT2D eigenvalue weighted by atomic mass is 35.5. The highest BCUT2D eigenvalue weighted by Gasteiger charge is 2.30. The molecule has 0 radical (unpaired) electrons. The van der Waals surface area contributed by atoms with Crippen molar-refractivity contribution in [2.24, 2.45) is 5.73 Å². The van der Waals surface area contributed by atoms with Crippen LogP contribution >= 0.6 is 12.4 Å². The Bertz CT molecular complexity index is 712. The van der Waals surface area contributed by atoms with Crippen LogP contribution in [0.4, 0.5) is 13.2 Å². The van der Waals surface area contributed by atoms with Gasteiger partial charge in [-0.05, 0) is 44.0 Å². The Morgan fingerprint density at radius 2 is 1.85 bits per heavy atom. The van der Waals surface area contributed by atoms with E-state index in [1.807, 2.05) is 12.4 Å². The third-order valence-electron chi connectivity index (χ3n) is 4.97. The summed E-state index contributed by atoms with van der Waals surface area (Å²) in [5.74, 6) is 0. The number of piperidine rings is 1. The minimum atomic E-state index is -4.30. The maximum atomic E-state index is 12.6. The van der Waals surface area contributed by atoms with Gasteiger partial charge < -0.3 is 5.73 Å². The van der Waals surface area contributed by atoms with Crippen LogP contribution in [-0.2, 0) is 19.3 Å². The molecule has 0 spiro atoms. The molecule has 1 aliphatic rings. The molecule has 2 heterocycles. The molecule has 0 amide bonds. The third-order valence-corrected chi connectivity index (χ3v) is 4.97. The molecule has 3 rings (SSSR count). The van der Waals surface area contributed by atoms with Crippen molar-refractivity contribution in [3.05, 3.63) is 53.3 Å². The van der Waals surface area contributed by atoms with Gasteiger partial charge in [0.1, 0.15) is 0 Å². The van der Waals surface area contributed by atoms with Gasteiger partial charge in [-0.15, -0.1) is 12.4 Å². The van der Waals surface area contributed by atoms with Gasteiger partial charge in [0.15, 0.2) is 0 Å². The SMILES string of the molecule is CC(N)C1CCCCN1Cc1cnn(Cc2ccc(C(F)(F)F)cc2)c1.Cl. The van der Waals surface area contributed by atoms with Crippen molar-refractivity contribution >= 4 is 12.4 Å². The van der Waals surface area contributed by atoms with Crippen LogP contribution in [-0.4, -0.2) is 33.3 Å². The number of halogens is 4. The third kappa shape index (κ3) is 5.70. The van der Waals surface area contributed by atoms with E-state index >= 15 is 0 Å². The average molecular weight is 403 g/mol. The van der Waals surface area contributed by atoms with E-state index in [2.05, 4.69) is 16.9 Å². The standard InChI is InChI=1S/C19H25F3N4.ClH/c1-14(23)18-4-2-3-9-25(18)11-16-10-24-26(13-16)12-15-5-7-17(8-6-15)19(20,21)22;/h5-8,10,13-14,18H,2-4,9,11-12,23H2,1H3;1H. The molecule has 0 saturated carbocycles. The molecule has 1 aliphatic heterocycles. The summed E-state index contributed by atoms with van der Waals surface area (Å²) in [4.78, 5) is 2.41. The molecule has 1 fully saturated rings. The molecular formula is C19H26ClF3N4. The van der Waals surface area contributed by atoms with Gasteiger partial charge in [0.05, 0.1) is 18.3 Å². The highest BCUT2D eigenvalue weighted by molar-refractivity contribution is 5.85.